The predicted molar refractivity (Wildman–Crippen MR) is 137 cm³/mol. The molecule has 35 heavy (non-hydrogen) atoms. The maximum absolute atomic E-state index is 12.5. The van der Waals surface area contributed by atoms with Crippen LogP contribution in [0.3, 0.4) is 0 Å². The molecule has 198 valence electrons. The number of rotatable bonds is 8. The Morgan fingerprint density at radius 1 is 0.943 bits per heavy atom. The molecule has 4 saturated carbocycles. The molecule has 0 aromatic rings. The van der Waals surface area contributed by atoms with E-state index in [9.17, 15) is 14.4 Å². The Morgan fingerprint density at radius 3 is 2.31 bits per heavy atom. The lowest BCUT2D eigenvalue weighted by atomic mass is 9.44. The predicted octanol–water partition coefficient (Wildman–Crippen LogP) is 5.87. The van der Waals surface area contributed by atoms with Crippen molar-refractivity contribution in [3.05, 3.63) is 0 Å². The van der Waals surface area contributed by atoms with Crippen LogP contribution >= 0.6 is 0 Å². The van der Waals surface area contributed by atoms with Crippen LogP contribution in [-0.4, -0.2) is 29.7 Å². The number of hydrogen-bond acceptors (Lipinski definition) is 5. The third-order valence-electron chi connectivity index (χ3n) is 11.6. The van der Waals surface area contributed by atoms with Crippen LogP contribution in [0.25, 0.3) is 0 Å². The summed E-state index contributed by atoms with van der Waals surface area (Å²) >= 11 is 0. The first-order valence-corrected chi connectivity index (χ1v) is 14.5. The first kappa shape index (κ1) is 26.8. The van der Waals surface area contributed by atoms with Gasteiger partial charge in [0.1, 0.15) is 17.7 Å². The van der Waals surface area contributed by atoms with Crippen LogP contribution in [0.1, 0.15) is 112 Å². The van der Waals surface area contributed by atoms with Gasteiger partial charge in [0.25, 0.3) is 0 Å². The van der Waals surface area contributed by atoms with Gasteiger partial charge in [-0.15, -0.1) is 0 Å². The van der Waals surface area contributed by atoms with Gasteiger partial charge in [-0.1, -0.05) is 34.1 Å². The number of fused-ring (bicyclic) bond motifs is 5. The van der Waals surface area contributed by atoms with E-state index in [0.717, 1.165) is 43.9 Å². The Kier molecular flexibility index (Phi) is 7.87. The van der Waals surface area contributed by atoms with Crippen LogP contribution in [0, 0.1) is 46.3 Å². The fraction of sp³-hybridized carbons (Fsp3) is 0.900. The lowest BCUT2D eigenvalue weighted by molar-refractivity contribution is -0.163. The average Bonchev–Trinajstić information content (AvgIpc) is 3.19. The minimum absolute atomic E-state index is 0.0158. The Morgan fingerprint density at radius 2 is 1.63 bits per heavy atom. The molecule has 0 radical (unpaired) electrons. The van der Waals surface area contributed by atoms with Gasteiger partial charge in [-0.2, -0.15) is 0 Å². The van der Waals surface area contributed by atoms with E-state index in [-0.39, 0.29) is 47.9 Å². The Hall–Kier alpha value is -1.23. The molecule has 4 rings (SSSR count). The zero-order valence-corrected chi connectivity index (χ0v) is 22.8. The van der Waals surface area contributed by atoms with Gasteiger partial charge < -0.3 is 10.5 Å². The highest BCUT2D eigenvalue weighted by Gasteiger charge is 2.60. The molecule has 0 spiro atoms. The average molecular weight is 488 g/mol. The van der Waals surface area contributed by atoms with Gasteiger partial charge in [0.05, 0.1) is 12.5 Å². The zero-order chi connectivity index (χ0) is 25.5. The summed E-state index contributed by atoms with van der Waals surface area (Å²) in [5, 5.41) is 0. The van der Waals surface area contributed by atoms with E-state index in [2.05, 4.69) is 13.8 Å². The van der Waals surface area contributed by atoms with E-state index < -0.39 is 6.04 Å². The highest BCUT2D eigenvalue weighted by atomic mass is 16.5. The molecule has 0 amide bonds. The van der Waals surface area contributed by atoms with E-state index in [1.807, 2.05) is 13.8 Å². The largest absolute Gasteiger partial charge is 0.462 e. The lowest BCUT2D eigenvalue weighted by Crippen LogP contribution is -2.54. The van der Waals surface area contributed by atoms with Crippen LogP contribution < -0.4 is 5.73 Å². The molecule has 2 N–H and O–H groups in total. The molecule has 0 saturated heterocycles. The Labute approximate surface area is 212 Å². The standard InChI is InChI=1S/C30H49NO4/c1-6-18(2)28(31)26(33)11-12-27(34)35-21-13-15-29(4)20(17-21)7-8-22-24-10-9-23(19(3)32)30(24,5)16-14-25(22)29/h18,20-25,28H,6-17,31H2,1-5H3/t18?,20-,21+,22-,23+,24-,25-,28-,29-,30+/m0/s1. The third kappa shape index (κ3) is 4.88. The number of carbonyl (C=O) groups is 3. The summed E-state index contributed by atoms with van der Waals surface area (Å²) in [6.07, 6.45) is 11.4. The van der Waals surface area contributed by atoms with Crippen molar-refractivity contribution < 1.29 is 19.1 Å². The number of Topliss-reactive ketones (excluding diaryl/α,β-unsaturated/α-hetero) is 2. The molecule has 4 aliphatic carbocycles. The molecule has 0 bridgehead atoms. The maximum Gasteiger partial charge on any atom is 0.306 e. The van der Waals surface area contributed by atoms with Crippen molar-refractivity contribution in [2.75, 3.05) is 0 Å². The fourth-order valence-electron chi connectivity index (χ4n) is 9.20. The van der Waals surface area contributed by atoms with Crippen molar-refractivity contribution in [2.45, 2.75) is 124 Å². The minimum Gasteiger partial charge on any atom is -0.462 e. The number of carbonyl (C=O) groups excluding carboxylic acids is 3. The van der Waals surface area contributed by atoms with Crippen LogP contribution in [0.2, 0.25) is 0 Å². The quantitative estimate of drug-likeness (QED) is 0.433. The second kappa shape index (κ2) is 10.3. The number of ether oxygens (including phenoxy) is 1. The van der Waals surface area contributed by atoms with Crippen molar-refractivity contribution in [3.8, 4) is 0 Å². The van der Waals surface area contributed by atoms with Crippen molar-refractivity contribution in [1.29, 1.82) is 0 Å². The monoisotopic (exact) mass is 487 g/mol. The van der Waals surface area contributed by atoms with Gasteiger partial charge in [0.15, 0.2) is 0 Å². The zero-order valence-electron chi connectivity index (χ0n) is 22.8. The molecule has 0 heterocycles. The van der Waals surface area contributed by atoms with Crippen LogP contribution in [0.4, 0.5) is 0 Å². The number of ketones is 2. The summed E-state index contributed by atoms with van der Waals surface area (Å²) in [4.78, 5) is 37.2. The summed E-state index contributed by atoms with van der Waals surface area (Å²) in [6.45, 7) is 10.7. The second-order valence-electron chi connectivity index (χ2n) is 13.2. The van der Waals surface area contributed by atoms with Crippen molar-refractivity contribution in [3.63, 3.8) is 0 Å². The van der Waals surface area contributed by atoms with E-state index in [1.165, 1.54) is 32.1 Å². The smallest absolute Gasteiger partial charge is 0.306 e. The lowest BCUT2D eigenvalue weighted by Gasteiger charge is -2.61. The molecule has 0 aromatic heterocycles. The third-order valence-corrected chi connectivity index (χ3v) is 11.6. The van der Waals surface area contributed by atoms with Gasteiger partial charge in [-0.05, 0) is 105 Å². The molecule has 5 nitrogen and oxygen atoms in total. The van der Waals surface area contributed by atoms with Crippen molar-refractivity contribution in [2.24, 2.45) is 52.1 Å². The summed E-state index contributed by atoms with van der Waals surface area (Å²) in [5.74, 6) is 3.31. The molecule has 5 heteroatoms. The molecule has 4 fully saturated rings. The molecule has 4 aliphatic rings. The molecular formula is C30H49NO4. The summed E-state index contributed by atoms with van der Waals surface area (Å²) in [6, 6.07) is -0.485. The highest BCUT2D eigenvalue weighted by molar-refractivity contribution is 5.87. The molecule has 0 aromatic carbocycles. The Bertz CT molecular complexity index is 825. The molecule has 10 atom stereocenters. The van der Waals surface area contributed by atoms with Crippen molar-refractivity contribution in [1.82, 2.24) is 0 Å². The second-order valence-corrected chi connectivity index (χ2v) is 13.2. The van der Waals surface area contributed by atoms with Crippen molar-refractivity contribution >= 4 is 17.5 Å². The summed E-state index contributed by atoms with van der Waals surface area (Å²) in [5.41, 5.74) is 6.55. The molecule has 1 unspecified atom stereocenters. The number of nitrogens with two attached hydrogens (primary N) is 1. The molecular weight excluding hydrogens is 438 g/mol. The van der Waals surface area contributed by atoms with Gasteiger partial charge in [-0.25, -0.2) is 0 Å². The number of hydrogen-bond donors (Lipinski definition) is 1. The molecule has 0 aliphatic heterocycles. The highest BCUT2D eigenvalue weighted by Crippen LogP contribution is 2.67. The SMILES string of the molecule is CCC(C)[C@H](N)C(=O)CCC(=O)O[C@@H]1CC[C@@]2(C)[C@@H](CC[C@@H]3[C@@H]2CC[C@]2(C)[C@@H](C(C)=O)CC[C@@H]32)C1. The summed E-state index contributed by atoms with van der Waals surface area (Å²) < 4.78 is 5.89. The fourth-order valence-corrected chi connectivity index (χ4v) is 9.20. The van der Waals surface area contributed by atoms with Crippen LogP contribution in [0.15, 0.2) is 0 Å². The Balaban J connectivity index is 1.32. The first-order valence-electron chi connectivity index (χ1n) is 14.5. The van der Waals surface area contributed by atoms with Crippen LogP contribution in [0.5, 0.6) is 0 Å². The maximum atomic E-state index is 12.5. The van der Waals surface area contributed by atoms with Gasteiger partial charge >= 0.3 is 5.97 Å². The van der Waals surface area contributed by atoms with Gasteiger partial charge in [0.2, 0.25) is 0 Å². The minimum atomic E-state index is -0.485. The van der Waals surface area contributed by atoms with Crippen LogP contribution in [-0.2, 0) is 19.1 Å². The van der Waals surface area contributed by atoms with Gasteiger partial charge in [0, 0.05) is 12.3 Å². The van der Waals surface area contributed by atoms with E-state index in [0.29, 0.717) is 23.0 Å². The van der Waals surface area contributed by atoms with E-state index >= 15 is 0 Å². The number of esters is 1. The normalized spacial score (nSPS) is 42.2. The van der Waals surface area contributed by atoms with Gasteiger partial charge in [-0.3, -0.25) is 14.4 Å². The first-order chi connectivity index (χ1) is 16.5. The topological polar surface area (TPSA) is 86.5 Å². The van der Waals surface area contributed by atoms with E-state index in [1.54, 1.807) is 6.92 Å². The van der Waals surface area contributed by atoms with E-state index in [4.69, 9.17) is 10.5 Å². The summed E-state index contributed by atoms with van der Waals surface area (Å²) in [7, 11) is 0.